The Bertz CT molecular complexity index is 530. The highest BCUT2D eigenvalue weighted by atomic mass is 16.3. The minimum atomic E-state index is -0.969. The molecule has 1 heterocycles. The van der Waals surface area contributed by atoms with Crippen molar-refractivity contribution < 1.29 is 5.11 Å². The predicted molar refractivity (Wildman–Crippen MR) is 95.0 cm³/mol. The van der Waals surface area contributed by atoms with Crippen LogP contribution in [0.4, 0.5) is 0 Å². The third kappa shape index (κ3) is 4.16. The lowest BCUT2D eigenvalue weighted by molar-refractivity contribution is 0.0367. The van der Waals surface area contributed by atoms with Gasteiger partial charge in [-0.2, -0.15) is 0 Å². The van der Waals surface area contributed by atoms with Gasteiger partial charge < -0.3 is 5.11 Å². The SMILES string of the molecule is O[C@](C#CCN1CCCCCC1)(c1ccccc1)C1CCCC1. The van der Waals surface area contributed by atoms with E-state index < -0.39 is 5.60 Å². The number of hydrogen-bond acceptors (Lipinski definition) is 2. The number of rotatable bonds is 3. The number of aliphatic hydroxyl groups is 1. The van der Waals surface area contributed by atoms with Crippen LogP contribution in [0.2, 0.25) is 0 Å². The second-order valence-corrected chi connectivity index (χ2v) is 7.11. The van der Waals surface area contributed by atoms with Crippen LogP contribution in [0.15, 0.2) is 30.3 Å². The van der Waals surface area contributed by atoms with Crippen LogP contribution in [0.25, 0.3) is 0 Å². The van der Waals surface area contributed by atoms with Gasteiger partial charge in [0.15, 0.2) is 5.60 Å². The molecule has 0 aromatic heterocycles. The van der Waals surface area contributed by atoms with Gasteiger partial charge in [-0.3, -0.25) is 4.90 Å². The Kier molecular flexibility index (Phi) is 5.75. The quantitative estimate of drug-likeness (QED) is 0.855. The van der Waals surface area contributed by atoms with E-state index in [-0.39, 0.29) is 5.92 Å². The molecule has 1 saturated carbocycles. The summed E-state index contributed by atoms with van der Waals surface area (Å²) in [6.07, 6.45) is 9.87. The highest BCUT2D eigenvalue weighted by Crippen LogP contribution is 2.40. The van der Waals surface area contributed by atoms with Gasteiger partial charge in [-0.05, 0) is 44.3 Å². The van der Waals surface area contributed by atoms with Crippen LogP contribution in [0, 0.1) is 17.8 Å². The minimum absolute atomic E-state index is 0.279. The van der Waals surface area contributed by atoms with E-state index in [2.05, 4.69) is 16.7 Å². The van der Waals surface area contributed by atoms with Crippen molar-refractivity contribution in [2.24, 2.45) is 5.92 Å². The summed E-state index contributed by atoms with van der Waals surface area (Å²) in [6, 6.07) is 10.1. The van der Waals surface area contributed by atoms with E-state index in [1.165, 1.54) is 38.5 Å². The fourth-order valence-corrected chi connectivity index (χ4v) is 4.03. The molecule has 124 valence electrons. The third-order valence-electron chi connectivity index (χ3n) is 5.44. The van der Waals surface area contributed by atoms with Gasteiger partial charge in [0, 0.05) is 5.92 Å². The van der Waals surface area contributed by atoms with Crippen molar-refractivity contribution in [3.8, 4) is 11.8 Å². The molecule has 1 aliphatic heterocycles. The van der Waals surface area contributed by atoms with Gasteiger partial charge in [0.1, 0.15) is 0 Å². The second kappa shape index (κ2) is 7.99. The Labute approximate surface area is 140 Å². The van der Waals surface area contributed by atoms with Crippen LogP contribution in [0.5, 0.6) is 0 Å². The maximum absolute atomic E-state index is 11.4. The Morgan fingerprint density at radius 1 is 0.957 bits per heavy atom. The van der Waals surface area contributed by atoms with Gasteiger partial charge >= 0.3 is 0 Å². The van der Waals surface area contributed by atoms with E-state index in [0.717, 1.165) is 38.0 Å². The first-order valence-electron chi connectivity index (χ1n) is 9.29. The van der Waals surface area contributed by atoms with Crippen LogP contribution in [-0.4, -0.2) is 29.6 Å². The summed E-state index contributed by atoms with van der Waals surface area (Å²) in [5, 5.41) is 11.4. The van der Waals surface area contributed by atoms with Crippen LogP contribution >= 0.6 is 0 Å². The van der Waals surface area contributed by atoms with Gasteiger partial charge in [-0.1, -0.05) is 67.9 Å². The Hall–Kier alpha value is -1.30. The first kappa shape index (κ1) is 16.6. The van der Waals surface area contributed by atoms with E-state index >= 15 is 0 Å². The summed E-state index contributed by atoms with van der Waals surface area (Å²) < 4.78 is 0. The molecule has 23 heavy (non-hydrogen) atoms. The smallest absolute Gasteiger partial charge is 0.153 e. The zero-order chi connectivity index (χ0) is 16.0. The summed E-state index contributed by atoms with van der Waals surface area (Å²) in [5.74, 6) is 6.89. The van der Waals surface area contributed by atoms with Crippen LogP contribution in [0.1, 0.15) is 56.9 Å². The van der Waals surface area contributed by atoms with Crippen molar-refractivity contribution in [2.45, 2.75) is 57.0 Å². The third-order valence-corrected chi connectivity index (χ3v) is 5.44. The molecular weight excluding hydrogens is 282 g/mol. The molecule has 2 heteroatoms. The monoisotopic (exact) mass is 311 g/mol. The predicted octanol–water partition coefficient (Wildman–Crippen LogP) is 3.94. The number of nitrogens with zero attached hydrogens (tertiary/aromatic N) is 1. The van der Waals surface area contributed by atoms with Gasteiger partial charge in [0.25, 0.3) is 0 Å². The van der Waals surface area contributed by atoms with E-state index in [9.17, 15) is 5.11 Å². The van der Waals surface area contributed by atoms with Crippen molar-refractivity contribution in [3.05, 3.63) is 35.9 Å². The molecule has 2 aliphatic rings. The first-order chi connectivity index (χ1) is 11.3. The van der Waals surface area contributed by atoms with E-state index in [1.807, 2.05) is 30.3 Å². The Balaban J connectivity index is 1.75. The Morgan fingerprint density at radius 3 is 2.26 bits per heavy atom. The molecule has 1 saturated heterocycles. The normalized spacial score (nSPS) is 22.8. The molecule has 1 atom stereocenters. The van der Waals surface area contributed by atoms with Crippen LogP contribution in [-0.2, 0) is 5.60 Å². The van der Waals surface area contributed by atoms with E-state index in [0.29, 0.717) is 0 Å². The molecule has 3 rings (SSSR count). The summed E-state index contributed by atoms with van der Waals surface area (Å²) in [5.41, 5.74) is -0.000802. The lowest BCUT2D eigenvalue weighted by Crippen LogP contribution is -2.33. The standard InChI is InChI=1S/C21H29NO/c23-21(20-13-6-7-14-20,19-11-4-3-5-12-19)15-10-18-22-16-8-1-2-9-17-22/h3-5,11-12,20,23H,1-2,6-9,13-14,16-18H2/t21-/m1/s1. The van der Waals surface area contributed by atoms with Gasteiger partial charge in [0.2, 0.25) is 0 Å². The molecule has 0 radical (unpaired) electrons. The maximum atomic E-state index is 11.4. The first-order valence-corrected chi connectivity index (χ1v) is 9.29. The van der Waals surface area contributed by atoms with Crippen molar-refractivity contribution in [2.75, 3.05) is 19.6 Å². The lowest BCUT2D eigenvalue weighted by Gasteiger charge is -2.29. The largest absolute Gasteiger partial charge is 0.373 e. The number of benzene rings is 1. The van der Waals surface area contributed by atoms with Gasteiger partial charge in [0.05, 0.1) is 6.54 Å². The fraction of sp³-hybridized carbons (Fsp3) is 0.619. The van der Waals surface area contributed by atoms with E-state index in [4.69, 9.17) is 0 Å². The number of likely N-dealkylation sites (tertiary alicyclic amines) is 1. The zero-order valence-corrected chi connectivity index (χ0v) is 14.1. The molecule has 1 aliphatic carbocycles. The van der Waals surface area contributed by atoms with Gasteiger partial charge in [-0.15, -0.1) is 0 Å². The molecule has 0 spiro atoms. The molecule has 0 bridgehead atoms. The fourth-order valence-electron chi connectivity index (χ4n) is 4.03. The van der Waals surface area contributed by atoms with Crippen molar-refractivity contribution in [1.29, 1.82) is 0 Å². The molecule has 2 nitrogen and oxygen atoms in total. The van der Waals surface area contributed by atoms with Crippen molar-refractivity contribution in [3.63, 3.8) is 0 Å². The van der Waals surface area contributed by atoms with Crippen LogP contribution in [0.3, 0.4) is 0 Å². The summed E-state index contributed by atoms with van der Waals surface area (Å²) in [6.45, 7) is 3.10. The average molecular weight is 311 g/mol. The highest BCUT2D eigenvalue weighted by Gasteiger charge is 2.38. The van der Waals surface area contributed by atoms with Gasteiger partial charge in [-0.25, -0.2) is 0 Å². The van der Waals surface area contributed by atoms with Crippen molar-refractivity contribution in [1.82, 2.24) is 4.90 Å². The minimum Gasteiger partial charge on any atom is -0.373 e. The summed E-state index contributed by atoms with van der Waals surface area (Å²) >= 11 is 0. The molecule has 1 N–H and O–H groups in total. The van der Waals surface area contributed by atoms with E-state index in [1.54, 1.807) is 0 Å². The van der Waals surface area contributed by atoms with Crippen LogP contribution < -0.4 is 0 Å². The zero-order valence-electron chi connectivity index (χ0n) is 14.1. The second-order valence-electron chi connectivity index (χ2n) is 7.11. The molecular formula is C21H29NO. The maximum Gasteiger partial charge on any atom is 0.153 e. The number of hydrogen-bond donors (Lipinski definition) is 1. The molecule has 2 fully saturated rings. The summed E-state index contributed by atoms with van der Waals surface area (Å²) in [4.78, 5) is 2.44. The lowest BCUT2D eigenvalue weighted by atomic mass is 9.80. The highest BCUT2D eigenvalue weighted by molar-refractivity contribution is 5.33. The molecule has 0 amide bonds. The molecule has 1 aromatic rings. The molecule has 1 aromatic carbocycles. The summed E-state index contributed by atoms with van der Waals surface area (Å²) in [7, 11) is 0. The molecule has 0 unspecified atom stereocenters. The van der Waals surface area contributed by atoms with Crippen molar-refractivity contribution >= 4 is 0 Å². The topological polar surface area (TPSA) is 23.5 Å². The average Bonchev–Trinajstić information content (AvgIpc) is 3.02. The Morgan fingerprint density at radius 2 is 1.61 bits per heavy atom.